The fourth-order valence-corrected chi connectivity index (χ4v) is 3.26. The molecule has 0 radical (unpaired) electrons. The molecule has 0 aliphatic carbocycles. The van der Waals surface area contributed by atoms with Gasteiger partial charge in [-0.2, -0.15) is 5.26 Å². The summed E-state index contributed by atoms with van der Waals surface area (Å²) >= 11 is 3.38. The first-order chi connectivity index (χ1) is 16.8. The number of nitro benzene ring substituents is 1. The van der Waals surface area contributed by atoms with Crippen molar-refractivity contribution in [3.05, 3.63) is 92.0 Å². The third-order valence-corrected chi connectivity index (χ3v) is 5.21. The lowest BCUT2D eigenvalue weighted by Crippen LogP contribution is -2.13. The number of halogens is 1. The van der Waals surface area contributed by atoms with Crippen LogP contribution in [-0.4, -0.2) is 22.5 Å². The molecule has 0 saturated carbocycles. The molecule has 2 N–H and O–H groups in total. The Hall–Kier alpha value is -4.36. The predicted octanol–water partition coefficient (Wildman–Crippen LogP) is 5.59. The van der Waals surface area contributed by atoms with Crippen LogP contribution >= 0.6 is 15.9 Å². The molecule has 0 unspecified atom stereocenters. The van der Waals surface area contributed by atoms with E-state index in [1.807, 2.05) is 24.3 Å². The number of anilines is 1. The quantitative estimate of drug-likeness (QED) is 0.157. The van der Waals surface area contributed by atoms with E-state index in [0.29, 0.717) is 18.0 Å². The van der Waals surface area contributed by atoms with Gasteiger partial charge in [-0.3, -0.25) is 14.9 Å². The van der Waals surface area contributed by atoms with Gasteiger partial charge in [0.1, 0.15) is 24.0 Å². The Morgan fingerprint density at radius 3 is 2.46 bits per heavy atom. The summed E-state index contributed by atoms with van der Waals surface area (Å²) in [5.41, 5.74) is 0.693. The van der Waals surface area contributed by atoms with Crippen LogP contribution in [0.1, 0.15) is 18.1 Å². The molecule has 3 aromatic rings. The number of carbonyl (C=O) groups excluding carboxylic acids is 1. The number of nitriles is 1. The molecule has 178 valence electrons. The van der Waals surface area contributed by atoms with Gasteiger partial charge in [0.2, 0.25) is 5.75 Å². The molecule has 0 bridgehead atoms. The monoisotopic (exact) mass is 537 g/mol. The molecular weight excluding hydrogens is 518 g/mol. The van der Waals surface area contributed by atoms with E-state index in [9.17, 15) is 25.3 Å². The number of ether oxygens (including phenoxy) is 2. The number of phenolic OH excluding ortho intramolecular Hbond substituents is 1. The number of nitrogens with one attached hydrogen (secondary N) is 1. The van der Waals surface area contributed by atoms with Crippen molar-refractivity contribution in [1.29, 1.82) is 5.26 Å². The first-order valence-corrected chi connectivity index (χ1v) is 11.1. The molecule has 9 nitrogen and oxygen atoms in total. The van der Waals surface area contributed by atoms with E-state index >= 15 is 0 Å². The van der Waals surface area contributed by atoms with Gasteiger partial charge in [-0.15, -0.1) is 0 Å². The highest BCUT2D eigenvalue weighted by Crippen LogP contribution is 2.37. The average Bonchev–Trinajstić information content (AvgIpc) is 2.84. The fourth-order valence-electron chi connectivity index (χ4n) is 3.00. The second-order valence-electron chi connectivity index (χ2n) is 7.14. The van der Waals surface area contributed by atoms with E-state index in [0.717, 1.165) is 16.1 Å². The summed E-state index contributed by atoms with van der Waals surface area (Å²) in [4.78, 5) is 23.1. The van der Waals surface area contributed by atoms with Crippen molar-refractivity contribution in [2.24, 2.45) is 0 Å². The van der Waals surface area contributed by atoms with Gasteiger partial charge in [-0.25, -0.2) is 0 Å². The van der Waals surface area contributed by atoms with Crippen molar-refractivity contribution < 1.29 is 24.3 Å². The second kappa shape index (κ2) is 11.7. The molecule has 0 saturated heterocycles. The number of carbonyl (C=O) groups is 1. The van der Waals surface area contributed by atoms with Crippen LogP contribution in [0.25, 0.3) is 6.08 Å². The zero-order valence-corrected chi connectivity index (χ0v) is 20.1. The summed E-state index contributed by atoms with van der Waals surface area (Å²) in [6.45, 7) is 2.19. The van der Waals surface area contributed by atoms with Gasteiger partial charge in [-0.05, 0) is 66.6 Å². The third kappa shape index (κ3) is 6.82. The Kier molecular flexibility index (Phi) is 8.43. The summed E-state index contributed by atoms with van der Waals surface area (Å²) in [7, 11) is 0. The van der Waals surface area contributed by atoms with Crippen molar-refractivity contribution in [3.8, 4) is 23.3 Å². The van der Waals surface area contributed by atoms with Crippen LogP contribution in [0.2, 0.25) is 0 Å². The number of benzene rings is 3. The predicted molar refractivity (Wildman–Crippen MR) is 133 cm³/mol. The van der Waals surface area contributed by atoms with E-state index in [-0.39, 0.29) is 23.5 Å². The summed E-state index contributed by atoms with van der Waals surface area (Å²) in [6, 6.07) is 18.5. The molecule has 3 rings (SSSR count). The normalized spacial score (nSPS) is 10.8. The minimum absolute atomic E-state index is 0.121. The Morgan fingerprint density at radius 1 is 1.17 bits per heavy atom. The van der Waals surface area contributed by atoms with Gasteiger partial charge in [-0.1, -0.05) is 28.1 Å². The molecule has 0 fully saturated rings. The lowest BCUT2D eigenvalue weighted by molar-refractivity contribution is -0.386. The number of hydrogen-bond donors (Lipinski definition) is 2. The molecule has 0 aliphatic heterocycles. The summed E-state index contributed by atoms with van der Waals surface area (Å²) in [5, 5.41) is 33.3. The maximum absolute atomic E-state index is 12.6. The summed E-state index contributed by atoms with van der Waals surface area (Å²) < 4.78 is 11.9. The zero-order valence-electron chi connectivity index (χ0n) is 18.5. The van der Waals surface area contributed by atoms with E-state index < -0.39 is 22.3 Å². The van der Waals surface area contributed by atoms with E-state index in [1.165, 1.54) is 12.1 Å². The summed E-state index contributed by atoms with van der Waals surface area (Å²) in [6.07, 6.45) is 1.18. The average molecular weight is 538 g/mol. The van der Waals surface area contributed by atoms with Gasteiger partial charge in [0.05, 0.1) is 11.5 Å². The van der Waals surface area contributed by atoms with Crippen LogP contribution in [0.15, 0.2) is 70.7 Å². The molecule has 10 heteroatoms. The Bertz CT molecular complexity index is 1300. The highest BCUT2D eigenvalue weighted by atomic mass is 79.9. The van der Waals surface area contributed by atoms with Gasteiger partial charge < -0.3 is 19.9 Å². The SMILES string of the molecule is CCOc1cc(/C=C(\C#N)C(=O)Nc2ccc(OCc3ccc(Br)cc3)cc2)cc([N+](=O)[O-])c1O. The molecule has 35 heavy (non-hydrogen) atoms. The number of hydrogen-bond acceptors (Lipinski definition) is 7. The van der Waals surface area contributed by atoms with E-state index in [2.05, 4.69) is 21.2 Å². The lowest BCUT2D eigenvalue weighted by Gasteiger charge is -2.09. The maximum Gasteiger partial charge on any atom is 0.315 e. The van der Waals surface area contributed by atoms with Crippen LogP contribution in [0.3, 0.4) is 0 Å². The van der Waals surface area contributed by atoms with Crippen molar-refractivity contribution in [1.82, 2.24) is 0 Å². The number of nitro groups is 1. The number of aromatic hydroxyl groups is 1. The highest BCUT2D eigenvalue weighted by Gasteiger charge is 2.20. The van der Waals surface area contributed by atoms with Crippen molar-refractivity contribution in [2.75, 3.05) is 11.9 Å². The minimum atomic E-state index is -0.776. The fraction of sp³-hybridized carbons (Fsp3) is 0.120. The first kappa shape index (κ1) is 25.3. The van der Waals surface area contributed by atoms with Gasteiger partial charge in [0.15, 0.2) is 5.75 Å². The molecular formula is C25H20BrN3O6. The van der Waals surface area contributed by atoms with E-state index in [1.54, 1.807) is 37.3 Å². The number of nitrogens with zero attached hydrogens (tertiary/aromatic N) is 2. The molecule has 3 aromatic carbocycles. The summed E-state index contributed by atoms with van der Waals surface area (Å²) in [5.74, 6) is -0.852. The van der Waals surface area contributed by atoms with Crippen LogP contribution in [0.4, 0.5) is 11.4 Å². The smallest absolute Gasteiger partial charge is 0.315 e. The maximum atomic E-state index is 12.6. The number of rotatable bonds is 9. The van der Waals surface area contributed by atoms with Gasteiger partial charge in [0.25, 0.3) is 5.91 Å². The van der Waals surface area contributed by atoms with Gasteiger partial charge in [0, 0.05) is 16.2 Å². The van der Waals surface area contributed by atoms with Crippen molar-refractivity contribution >= 4 is 39.3 Å². The standard InChI is InChI=1S/C25H20BrN3O6/c1-2-34-23-13-17(12-22(24(23)30)29(32)33)11-18(14-27)25(31)28-20-7-9-21(10-8-20)35-15-16-3-5-19(26)6-4-16/h3-13,30H,2,15H2,1H3,(H,28,31)/b18-11+. The Morgan fingerprint density at radius 2 is 1.86 bits per heavy atom. The largest absolute Gasteiger partial charge is 0.500 e. The molecule has 0 atom stereocenters. The highest BCUT2D eigenvalue weighted by molar-refractivity contribution is 9.10. The Balaban J connectivity index is 1.72. The van der Waals surface area contributed by atoms with Crippen LogP contribution < -0.4 is 14.8 Å². The molecule has 0 spiro atoms. The second-order valence-corrected chi connectivity index (χ2v) is 8.06. The van der Waals surface area contributed by atoms with Crippen LogP contribution in [0, 0.1) is 21.4 Å². The van der Waals surface area contributed by atoms with Crippen LogP contribution in [0.5, 0.6) is 17.2 Å². The van der Waals surface area contributed by atoms with Crippen molar-refractivity contribution in [2.45, 2.75) is 13.5 Å². The van der Waals surface area contributed by atoms with Crippen LogP contribution in [-0.2, 0) is 11.4 Å². The topological polar surface area (TPSA) is 135 Å². The number of amides is 1. The van der Waals surface area contributed by atoms with E-state index in [4.69, 9.17) is 9.47 Å². The first-order valence-electron chi connectivity index (χ1n) is 10.4. The van der Waals surface area contributed by atoms with Gasteiger partial charge >= 0.3 is 5.69 Å². The molecule has 1 amide bonds. The number of phenols is 1. The third-order valence-electron chi connectivity index (χ3n) is 4.68. The molecule has 0 heterocycles. The van der Waals surface area contributed by atoms with Crippen molar-refractivity contribution in [3.63, 3.8) is 0 Å². The molecule has 0 aromatic heterocycles. The lowest BCUT2D eigenvalue weighted by atomic mass is 10.1. The molecule has 0 aliphatic rings. The Labute approximate surface area is 209 Å². The zero-order chi connectivity index (χ0) is 25.4. The minimum Gasteiger partial charge on any atom is -0.500 e.